The van der Waals surface area contributed by atoms with Gasteiger partial charge in [-0.05, 0) is 37.3 Å². The van der Waals surface area contributed by atoms with Crippen LogP contribution in [0.3, 0.4) is 0 Å². The molecular formula is C16H14N4O2. The lowest BCUT2D eigenvalue weighted by Crippen LogP contribution is -1.97. The number of nitrogens with one attached hydrogen (secondary N) is 2. The van der Waals surface area contributed by atoms with E-state index in [1.165, 1.54) is 12.1 Å². The van der Waals surface area contributed by atoms with E-state index in [1.54, 1.807) is 12.1 Å². The van der Waals surface area contributed by atoms with Gasteiger partial charge in [0.2, 0.25) is 5.95 Å². The van der Waals surface area contributed by atoms with Crippen molar-refractivity contribution in [1.29, 1.82) is 0 Å². The third-order valence-electron chi connectivity index (χ3n) is 3.16. The van der Waals surface area contributed by atoms with Crippen LogP contribution in [0.4, 0.5) is 11.6 Å². The van der Waals surface area contributed by atoms with Gasteiger partial charge in [0.25, 0.3) is 0 Å². The molecule has 1 heterocycles. The van der Waals surface area contributed by atoms with Crippen molar-refractivity contribution >= 4 is 17.6 Å². The molecule has 0 amide bonds. The summed E-state index contributed by atoms with van der Waals surface area (Å²) in [5.41, 5.74) is 3.07. The molecule has 0 aliphatic carbocycles. The Hall–Kier alpha value is -3.15. The zero-order valence-electron chi connectivity index (χ0n) is 11.9. The number of aryl methyl sites for hydroxylation is 1. The van der Waals surface area contributed by atoms with Gasteiger partial charge in [-0.2, -0.15) is 4.98 Å². The monoisotopic (exact) mass is 294 g/mol. The Kier molecular flexibility index (Phi) is 3.57. The van der Waals surface area contributed by atoms with Gasteiger partial charge in [-0.1, -0.05) is 23.8 Å². The standard InChI is InChI=1S/C16H14N4O2/c1-10-3-2-4-12(9-10)14-18-16(20-19-14)17-13-7-5-11(6-8-13)15(21)22/h2-9H,1H3,(H,21,22)(H2,17,18,19,20). The van der Waals surface area contributed by atoms with Crippen molar-refractivity contribution in [2.75, 3.05) is 5.32 Å². The predicted octanol–water partition coefficient (Wildman–Crippen LogP) is 3.22. The number of aromatic nitrogens is 3. The number of benzene rings is 2. The van der Waals surface area contributed by atoms with E-state index in [-0.39, 0.29) is 5.56 Å². The molecule has 0 radical (unpaired) electrons. The Balaban J connectivity index is 1.78. The van der Waals surface area contributed by atoms with Gasteiger partial charge in [0, 0.05) is 11.3 Å². The molecule has 0 aliphatic heterocycles. The van der Waals surface area contributed by atoms with Gasteiger partial charge < -0.3 is 10.4 Å². The lowest BCUT2D eigenvalue weighted by atomic mass is 10.1. The van der Waals surface area contributed by atoms with Gasteiger partial charge in [0.15, 0.2) is 5.82 Å². The fourth-order valence-electron chi connectivity index (χ4n) is 2.06. The third kappa shape index (κ3) is 2.95. The average Bonchev–Trinajstić information content (AvgIpc) is 2.96. The zero-order valence-corrected chi connectivity index (χ0v) is 11.9. The molecule has 0 saturated heterocycles. The molecule has 6 heteroatoms. The first-order chi connectivity index (χ1) is 10.6. The molecule has 0 saturated carbocycles. The largest absolute Gasteiger partial charge is 0.478 e. The fraction of sp³-hybridized carbons (Fsp3) is 0.0625. The first-order valence-corrected chi connectivity index (χ1v) is 6.71. The van der Waals surface area contributed by atoms with Crippen molar-refractivity contribution < 1.29 is 9.90 Å². The smallest absolute Gasteiger partial charge is 0.335 e. The van der Waals surface area contributed by atoms with Crippen LogP contribution in [0, 0.1) is 6.92 Å². The number of aromatic amines is 1. The van der Waals surface area contributed by atoms with Crippen LogP contribution in [0.25, 0.3) is 11.4 Å². The number of carboxylic acids is 1. The minimum atomic E-state index is -0.953. The van der Waals surface area contributed by atoms with Crippen LogP contribution < -0.4 is 5.32 Å². The van der Waals surface area contributed by atoms with E-state index in [4.69, 9.17) is 5.11 Å². The van der Waals surface area contributed by atoms with Crippen molar-refractivity contribution in [2.24, 2.45) is 0 Å². The van der Waals surface area contributed by atoms with Gasteiger partial charge in [0.05, 0.1) is 5.56 Å². The van der Waals surface area contributed by atoms with Crippen molar-refractivity contribution in [3.05, 3.63) is 59.7 Å². The Morgan fingerprint density at radius 2 is 1.95 bits per heavy atom. The van der Waals surface area contributed by atoms with Crippen LogP contribution in [0.5, 0.6) is 0 Å². The minimum absolute atomic E-state index is 0.237. The first-order valence-electron chi connectivity index (χ1n) is 6.71. The molecule has 0 atom stereocenters. The number of aromatic carboxylic acids is 1. The predicted molar refractivity (Wildman–Crippen MR) is 83.2 cm³/mol. The molecule has 3 rings (SSSR count). The molecule has 1 aromatic heterocycles. The quantitative estimate of drug-likeness (QED) is 0.687. The molecule has 110 valence electrons. The Bertz CT molecular complexity index is 809. The van der Waals surface area contributed by atoms with Crippen LogP contribution in [-0.2, 0) is 0 Å². The number of H-pyrrole nitrogens is 1. The van der Waals surface area contributed by atoms with E-state index in [0.29, 0.717) is 11.8 Å². The highest BCUT2D eigenvalue weighted by Gasteiger charge is 2.07. The maximum atomic E-state index is 10.8. The Labute approximate surface area is 126 Å². The SMILES string of the molecule is Cc1cccc(-c2nc(Nc3ccc(C(=O)O)cc3)n[nH]2)c1. The number of carboxylic acid groups (broad SMARTS) is 1. The molecule has 22 heavy (non-hydrogen) atoms. The number of rotatable bonds is 4. The molecule has 3 aromatic rings. The van der Waals surface area contributed by atoms with Crippen LogP contribution >= 0.6 is 0 Å². The third-order valence-corrected chi connectivity index (χ3v) is 3.16. The van der Waals surface area contributed by atoms with Gasteiger partial charge in [0.1, 0.15) is 0 Å². The summed E-state index contributed by atoms with van der Waals surface area (Å²) in [6.07, 6.45) is 0. The molecule has 3 N–H and O–H groups in total. The van der Waals surface area contributed by atoms with Crippen LogP contribution in [-0.4, -0.2) is 26.3 Å². The van der Waals surface area contributed by atoms with E-state index < -0.39 is 5.97 Å². The molecule has 0 spiro atoms. The van der Waals surface area contributed by atoms with Crippen molar-refractivity contribution in [3.63, 3.8) is 0 Å². The molecule has 2 aromatic carbocycles. The maximum Gasteiger partial charge on any atom is 0.335 e. The second-order valence-electron chi connectivity index (χ2n) is 4.88. The molecular weight excluding hydrogens is 280 g/mol. The van der Waals surface area contributed by atoms with Crippen LogP contribution in [0.2, 0.25) is 0 Å². The van der Waals surface area contributed by atoms with Crippen LogP contribution in [0.1, 0.15) is 15.9 Å². The average molecular weight is 294 g/mol. The lowest BCUT2D eigenvalue weighted by molar-refractivity contribution is 0.0697. The first kappa shape index (κ1) is 13.8. The summed E-state index contributed by atoms with van der Waals surface area (Å²) in [6.45, 7) is 2.02. The molecule has 0 fully saturated rings. The summed E-state index contributed by atoms with van der Waals surface area (Å²) in [6, 6.07) is 14.4. The molecule has 0 bridgehead atoms. The summed E-state index contributed by atoms with van der Waals surface area (Å²) in [4.78, 5) is 15.2. The van der Waals surface area contributed by atoms with E-state index in [0.717, 1.165) is 16.8 Å². The number of anilines is 2. The van der Waals surface area contributed by atoms with E-state index in [2.05, 4.69) is 20.5 Å². The van der Waals surface area contributed by atoms with Gasteiger partial charge in [-0.15, -0.1) is 5.10 Å². The van der Waals surface area contributed by atoms with E-state index in [1.807, 2.05) is 31.2 Å². The van der Waals surface area contributed by atoms with E-state index >= 15 is 0 Å². The fourth-order valence-corrected chi connectivity index (χ4v) is 2.06. The second kappa shape index (κ2) is 5.69. The summed E-state index contributed by atoms with van der Waals surface area (Å²) < 4.78 is 0. The highest BCUT2D eigenvalue weighted by molar-refractivity contribution is 5.88. The van der Waals surface area contributed by atoms with Crippen molar-refractivity contribution in [1.82, 2.24) is 15.2 Å². The topological polar surface area (TPSA) is 90.9 Å². The molecule has 0 aliphatic rings. The number of nitrogens with zero attached hydrogens (tertiary/aromatic N) is 2. The summed E-state index contributed by atoms with van der Waals surface area (Å²) in [5, 5.41) is 18.9. The lowest BCUT2D eigenvalue weighted by Gasteiger charge is -2.01. The highest BCUT2D eigenvalue weighted by atomic mass is 16.4. The van der Waals surface area contributed by atoms with E-state index in [9.17, 15) is 4.79 Å². The highest BCUT2D eigenvalue weighted by Crippen LogP contribution is 2.19. The summed E-state index contributed by atoms with van der Waals surface area (Å²) >= 11 is 0. The Morgan fingerprint density at radius 3 is 2.64 bits per heavy atom. The van der Waals surface area contributed by atoms with Gasteiger partial charge in [-0.3, -0.25) is 5.10 Å². The number of hydrogen-bond donors (Lipinski definition) is 3. The molecule has 6 nitrogen and oxygen atoms in total. The number of hydrogen-bond acceptors (Lipinski definition) is 4. The van der Waals surface area contributed by atoms with Gasteiger partial charge in [-0.25, -0.2) is 4.79 Å². The zero-order chi connectivity index (χ0) is 15.5. The summed E-state index contributed by atoms with van der Waals surface area (Å²) in [7, 11) is 0. The van der Waals surface area contributed by atoms with Gasteiger partial charge >= 0.3 is 5.97 Å². The normalized spacial score (nSPS) is 10.4. The summed E-state index contributed by atoms with van der Waals surface area (Å²) in [5.74, 6) is 0.152. The molecule has 0 unspecified atom stereocenters. The number of carbonyl (C=O) groups is 1. The maximum absolute atomic E-state index is 10.8. The minimum Gasteiger partial charge on any atom is -0.478 e. The van der Waals surface area contributed by atoms with Crippen molar-refractivity contribution in [3.8, 4) is 11.4 Å². The Morgan fingerprint density at radius 1 is 1.18 bits per heavy atom. The second-order valence-corrected chi connectivity index (χ2v) is 4.88. The van der Waals surface area contributed by atoms with Crippen molar-refractivity contribution in [2.45, 2.75) is 6.92 Å². The van der Waals surface area contributed by atoms with Crippen LogP contribution in [0.15, 0.2) is 48.5 Å².